The molecule has 0 N–H and O–H groups in total. The number of ether oxygens (including phenoxy) is 1. The second kappa shape index (κ2) is 6.38. The van der Waals surface area contributed by atoms with Crippen molar-refractivity contribution in [3.63, 3.8) is 0 Å². The predicted octanol–water partition coefficient (Wildman–Crippen LogP) is 3.27. The van der Waals surface area contributed by atoms with Crippen molar-refractivity contribution < 1.29 is 18.7 Å². The zero-order valence-corrected chi connectivity index (χ0v) is 12.2. The van der Waals surface area contributed by atoms with Gasteiger partial charge in [-0.3, -0.25) is 0 Å². The lowest BCUT2D eigenvalue weighted by Crippen LogP contribution is -2.09. The SMILES string of the molecule is CC(C)=O.COC(=O)c1oc(C(C)(C)C)cc1C. The van der Waals surface area contributed by atoms with Crippen LogP contribution in [0.3, 0.4) is 0 Å². The summed E-state index contributed by atoms with van der Waals surface area (Å²) in [5.74, 6) is 0.853. The molecule has 0 spiro atoms. The molecule has 102 valence electrons. The number of furan rings is 1. The van der Waals surface area contributed by atoms with Gasteiger partial charge in [-0.05, 0) is 26.8 Å². The third kappa shape index (κ3) is 5.17. The zero-order chi connectivity index (χ0) is 14.5. The predicted molar refractivity (Wildman–Crippen MR) is 69.8 cm³/mol. The number of rotatable bonds is 1. The van der Waals surface area contributed by atoms with Crippen molar-refractivity contribution >= 4 is 11.8 Å². The lowest BCUT2D eigenvalue weighted by atomic mass is 9.93. The molecule has 18 heavy (non-hydrogen) atoms. The van der Waals surface area contributed by atoms with Gasteiger partial charge in [0.1, 0.15) is 11.5 Å². The van der Waals surface area contributed by atoms with E-state index in [1.54, 1.807) is 0 Å². The number of ketones is 1. The van der Waals surface area contributed by atoms with Crippen LogP contribution >= 0.6 is 0 Å². The van der Waals surface area contributed by atoms with Gasteiger partial charge in [0.15, 0.2) is 0 Å². The maximum absolute atomic E-state index is 11.3. The minimum absolute atomic E-state index is 0.0863. The lowest BCUT2D eigenvalue weighted by Gasteiger charge is -2.13. The van der Waals surface area contributed by atoms with Crippen molar-refractivity contribution in [2.75, 3.05) is 7.11 Å². The van der Waals surface area contributed by atoms with Gasteiger partial charge < -0.3 is 13.9 Å². The summed E-state index contributed by atoms with van der Waals surface area (Å²) in [6.45, 7) is 11.0. The van der Waals surface area contributed by atoms with E-state index >= 15 is 0 Å². The molecule has 1 heterocycles. The van der Waals surface area contributed by atoms with Crippen LogP contribution in [0, 0.1) is 6.92 Å². The first kappa shape index (κ1) is 16.4. The molecule has 4 nitrogen and oxygen atoms in total. The van der Waals surface area contributed by atoms with Gasteiger partial charge in [-0.1, -0.05) is 20.8 Å². The monoisotopic (exact) mass is 254 g/mol. The van der Waals surface area contributed by atoms with Crippen LogP contribution in [0.1, 0.15) is 56.5 Å². The number of carbonyl (C=O) groups is 2. The number of hydrogen-bond donors (Lipinski definition) is 0. The number of aryl methyl sites for hydroxylation is 1. The van der Waals surface area contributed by atoms with Crippen LogP contribution in [-0.4, -0.2) is 18.9 Å². The molecule has 0 saturated carbocycles. The molecule has 0 amide bonds. The number of carbonyl (C=O) groups excluding carboxylic acids is 2. The Morgan fingerprint density at radius 2 is 1.67 bits per heavy atom. The van der Waals surface area contributed by atoms with E-state index in [0.29, 0.717) is 5.76 Å². The van der Waals surface area contributed by atoms with E-state index in [0.717, 1.165) is 11.3 Å². The fourth-order valence-electron chi connectivity index (χ4n) is 1.15. The Morgan fingerprint density at radius 1 is 1.22 bits per heavy atom. The van der Waals surface area contributed by atoms with Crippen LogP contribution in [0.5, 0.6) is 0 Å². The summed E-state index contributed by atoms with van der Waals surface area (Å²) in [7, 11) is 1.35. The molecule has 0 aliphatic carbocycles. The van der Waals surface area contributed by atoms with Gasteiger partial charge in [0, 0.05) is 11.0 Å². The first-order valence-electron chi connectivity index (χ1n) is 5.76. The van der Waals surface area contributed by atoms with Crippen molar-refractivity contribution in [1.82, 2.24) is 0 Å². The molecular weight excluding hydrogens is 232 g/mol. The minimum Gasteiger partial charge on any atom is -0.463 e. The summed E-state index contributed by atoms with van der Waals surface area (Å²) in [6, 6.07) is 1.88. The summed E-state index contributed by atoms with van der Waals surface area (Å²) < 4.78 is 10.1. The summed E-state index contributed by atoms with van der Waals surface area (Å²) in [5.41, 5.74) is 0.735. The average molecular weight is 254 g/mol. The molecule has 1 aromatic rings. The molecule has 0 aromatic carbocycles. The van der Waals surface area contributed by atoms with Gasteiger partial charge in [0.25, 0.3) is 0 Å². The zero-order valence-electron chi connectivity index (χ0n) is 12.2. The summed E-state index contributed by atoms with van der Waals surface area (Å²) in [5, 5.41) is 0. The third-order valence-electron chi connectivity index (χ3n) is 2.03. The van der Waals surface area contributed by atoms with Gasteiger partial charge in [-0.15, -0.1) is 0 Å². The summed E-state index contributed by atoms with van der Waals surface area (Å²) in [6.07, 6.45) is 0. The average Bonchev–Trinajstić information content (AvgIpc) is 2.58. The molecule has 0 radical (unpaired) electrons. The third-order valence-corrected chi connectivity index (χ3v) is 2.03. The quantitative estimate of drug-likeness (QED) is 0.722. The van der Waals surface area contributed by atoms with Crippen LogP contribution in [0.25, 0.3) is 0 Å². The molecule has 0 saturated heterocycles. The largest absolute Gasteiger partial charge is 0.463 e. The van der Waals surface area contributed by atoms with E-state index in [1.807, 2.05) is 33.8 Å². The maximum atomic E-state index is 11.3. The highest BCUT2D eigenvalue weighted by atomic mass is 16.5. The van der Waals surface area contributed by atoms with Crippen molar-refractivity contribution in [2.24, 2.45) is 0 Å². The molecule has 4 heteroatoms. The summed E-state index contributed by atoms with van der Waals surface area (Å²) >= 11 is 0. The van der Waals surface area contributed by atoms with E-state index in [2.05, 4.69) is 4.74 Å². The second-order valence-corrected chi connectivity index (χ2v) is 5.27. The molecule has 0 aliphatic heterocycles. The number of methoxy groups -OCH3 is 1. The maximum Gasteiger partial charge on any atom is 0.374 e. The molecule has 0 unspecified atom stereocenters. The van der Waals surface area contributed by atoms with Gasteiger partial charge >= 0.3 is 5.97 Å². The fraction of sp³-hybridized carbons (Fsp3) is 0.571. The number of Topliss-reactive ketones (excluding diaryl/α,β-unsaturated/α-hetero) is 1. The highest BCUT2D eigenvalue weighted by molar-refractivity contribution is 5.87. The standard InChI is InChI=1S/C11H16O3.C3H6O/c1-7-6-8(11(2,3)4)14-9(7)10(12)13-5;1-3(2)4/h6H,1-5H3;1-2H3. The van der Waals surface area contributed by atoms with Crippen molar-refractivity contribution in [2.45, 2.75) is 47.0 Å². The Hall–Kier alpha value is -1.58. The first-order chi connectivity index (χ1) is 8.09. The topological polar surface area (TPSA) is 56.5 Å². The Labute approximate surface area is 108 Å². The lowest BCUT2D eigenvalue weighted by molar-refractivity contribution is -0.115. The van der Waals surface area contributed by atoms with E-state index in [4.69, 9.17) is 4.42 Å². The fourth-order valence-corrected chi connectivity index (χ4v) is 1.15. The van der Waals surface area contributed by atoms with Gasteiger partial charge in [0.2, 0.25) is 5.76 Å². The second-order valence-electron chi connectivity index (χ2n) is 5.27. The van der Waals surface area contributed by atoms with Crippen LogP contribution in [0.2, 0.25) is 0 Å². The van der Waals surface area contributed by atoms with Crippen molar-refractivity contribution in [3.8, 4) is 0 Å². The van der Waals surface area contributed by atoms with E-state index in [-0.39, 0.29) is 11.2 Å². The van der Waals surface area contributed by atoms with Crippen LogP contribution in [-0.2, 0) is 14.9 Å². The highest BCUT2D eigenvalue weighted by Crippen LogP contribution is 2.27. The van der Waals surface area contributed by atoms with Crippen LogP contribution in [0.15, 0.2) is 10.5 Å². The normalized spacial score (nSPS) is 10.4. The highest BCUT2D eigenvalue weighted by Gasteiger charge is 2.23. The Morgan fingerprint density at radius 3 is 1.94 bits per heavy atom. The molecule has 0 aliphatic rings. The van der Waals surface area contributed by atoms with Crippen LogP contribution < -0.4 is 0 Å². The smallest absolute Gasteiger partial charge is 0.374 e. The molecule has 1 rings (SSSR count). The molecule has 0 fully saturated rings. The Kier molecular flexibility index (Phi) is 5.82. The van der Waals surface area contributed by atoms with Crippen molar-refractivity contribution in [3.05, 3.63) is 23.2 Å². The van der Waals surface area contributed by atoms with E-state index in [1.165, 1.54) is 21.0 Å². The first-order valence-corrected chi connectivity index (χ1v) is 5.76. The number of hydrogen-bond acceptors (Lipinski definition) is 4. The molecule has 0 bridgehead atoms. The Balaban J connectivity index is 0.000000631. The molecule has 0 atom stereocenters. The van der Waals surface area contributed by atoms with Gasteiger partial charge in [-0.25, -0.2) is 4.79 Å². The van der Waals surface area contributed by atoms with Crippen molar-refractivity contribution in [1.29, 1.82) is 0 Å². The van der Waals surface area contributed by atoms with Gasteiger partial charge in [0.05, 0.1) is 7.11 Å². The van der Waals surface area contributed by atoms with Crippen LogP contribution in [0.4, 0.5) is 0 Å². The summed E-state index contributed by atoms with van der Waals surface area (Å²) in [4.78, 5) is 20.7. The molecular formula is C14H22O4. The van der Waals surface area contributed by atoms with Gasteiger partial charge in [-0.2, -0.15) is 0 Å². The van der Waals surface area contributed by atoms with E-state index in [9.17, 15) is 9.59 Å². The van der Waals surface area contributed by atoms with E-state index < -0.39 is 5.97 Å². The Bertz CT molecular complexity index is 417. The number of esters is 1. The minimum atomic E-state index is -0.419. The molecule has 1 aromatic heterocycles.